The minimum Gasteiger partial charge on any atom is -0.463 e. The zero-order valence-electron chi connectivity index (χ0n) is 33.9. The molecule has 11 rings (SSSR count). The number of nitrogens with one attached hydrogen (secondary N) is 3. The van der Waals surface area contributed by atoms with Crippen LogP contribution in [0.1, 0.15) is 5.56 Å². The van der Waals surface area contributed by atoms with E-state index in [2.05, 4.69) is 61.8 Å². The molecule has 13 nitrogen and oxygen atoms in total. The van der Waals surface area contributed by atoms with E-state index < -0.39 is 0 Å². The monoisotopic (exact) mass is 857 g/mol. The Bertz CT molecular complexity index is 3510. The summed E-state index contributed by atoms with van der Waals surface area (Å²) in [5.41, 5.74) is 16.4. The third kappa shape index (κ3) is 8.99. The molecule has 0 amide bonds. The molecule has 0 atom stereocenters. The molecule has 9 aromatic heterocycles. The number of hydrogen-bond acceptors (Lipinski definition) is 10. The second-order valence-corrected chi connectivity index (χ2v) is 14.2. The fourth-order valence-corrected chi connectivity index (χ4v) is 7.05. The number of rotatable bonds is 6. The van der Waals surface area contributed by atoms with Crippen molar-refractivity contribution in [1.29, 1.82) is 0 Å². The number of anilines is 1. The Morgan fingerprint density at radius 2 is 1.26 bits per heavy atom. The lowest BCUT2D eigenvalue weighted by molar-refractivity contribution is 0.580. The molecule has 0 aliphatic carbocycles. The highest BCUT2D eigenvalue weighted by molar-refractivity contribution is 5.91. The predicted octanol–water partition coefficient (Wildman–Crippen LogP) is 9.91. The van der Waals surface area contributed by atoms with E-state index in [-0.39, 0.29) is 23.1 Å². The van der Waals surface area contributed by atoms with Crippen molar-refractivity contribution in [1.82, 2.24) is 49.8 Å². The molecule has 11 aromatic rings. The van der Waals surface area contributed by atoms with Crippen LogP contribution in [0.25, 0.3) is 89.7 Å². The van der Waals surface area contributed by atoms with Crippen molar-refractivity contribution in [2.45, 2.75) is 0 Å². The number of nitrogens with zero attached hydrogens (tertiary/aromatic N) is 7. The molecule has 9 heterocycles. The van der Waals surface area contributed by atoms with Crippen molar-refractivity contribution in [2.24, 2.45) is 0 Å². The molecule has 0 aliphatic heterocycles. The van der Waals surface area contributed by atoms with Crippen LogP contribution in [0.5, 0.6) is 0 Å². The van der Waals surface area contributed by atoms with Crippen LogP contribution >= 0.6 is 0 Å². The van der Waals surface area contributed by atoms with Gasteiger partial charge in [0.15, 0.2) is 11.4 Å². The van der Waals surface area contributed by atoms with Gasteiger partial charge >= 0.3 is 5.69 Å². The Hall–Kier alpha value is -9.42. The largest absolute Gasteiger partial charge is 0.463 e. The summed E-state index contributed by atoms with van der Waals surface area (Å²) in [5.74, 6) is 2.77. The Morgan fingerprint density at radius 1 is 0.615 bits per heavy atom. The lowest BCUT2D eigenvalue weighted by Crippen LogP contribution is -1.99. The molecule has 0 saturated carbocycles. The molecule has 314 valence electrons. The van der Waals surface area contributed by atoms with Crippen molar-refractivity contribution >= 4 is 28.0 Å². The van der Waals surface area contributed by atoms with Gasteiger partial charge in [-0.25, -0.2) is 38.5 Å². The molecule has 0 saturated heterocycles. The topological polar surface area (TPSA) is 194 Å². The summed E-state index contributed by atoms with van der Waals surface area (Å²) in [6.45, 7) is 0. The summed E-state index contributed by atoms with van der Waals surface area (Å²) in [7, 11) is 0. The van der Waals surface area contributed by atoms with E-state index in [1.807, 2.05) is 54.7 Å². The van der Waals surface area contributed by atoms with E-state index >= 15 is 0 Å². The van der Waals surface area contributed by atoms with Gasteiger partial charge in [-0.15, -0.1) is 6.42 Å². The quantitative estimate of drug-likeness (QED) is 0.117. The maximum atomic E-state index is 13.6. The van der Waals surface area contributed by atoms with Gasteiger partial charge in [-0.2, -0.15) is 0 Å². The molecule has 0 aliphatic rings. The molecule has 15 heteroatoms. The van der Waals surface area contributed by atoms with Gasteiger partial charge in [0, 0.05) is 70.4 Å². The summed E-state index contributed by atoms with van der Waals surface area (Å²) < 4.78 is 32.6. The van der Waals surface area contributed by atoms with E-state index in [0.29, 0.717) is 45.1 Å². The SMILES string of the molecule is C#Cc1cc(-c2ccncc2)c(-c2cccc(F)c2)nc1N.Fc1cccc(-c2nc3[nH]ccc3cc2-c2ccncc2)c1.O=c1[nH]c2cc(-c3ccncn3)c(-c3ccco3)nc2[nH]1. The van der Waals surface area contributed by atoms with Gasteiger partial charge in [0.2, 0.25) is 0 Å². The van der Waals surface area contributed by atoms with E-state index in [1.165, 1.54) is 30.6 Å². The number of nitrogens with two attached hydrogens (primary N) is 1. The van der Waals surface area contributed by atoms with Gasteiger partial charge < -0.3 is 20.1 Å². The normalized spacial score (nSPS) is 10.7. The average Bonchev–Trinajstić information content (AvgIpc) is 4.13. The Labute approximate surface area is 368 Å². The summed E-state index contributed by atoms with van der Waals surface area (Å²) in [6.07, 6.45) is 18.8. The number of aromatic amines is 3. The number of terminal acetylenes is 1. The molecule has 65 heavy (non-hydrogen) atoms. The van der Waals surface area contributed by atoms with E-state index in [4.69, 9.17) is 16.6 Å². The molecule has 0 radical (unpaired) electrons. The predicted molar refractivity (Wildman–Crippen MR) is 245 cm³/mol. The van der Waals surface area contributed by atoms with Crippen LogP contribution in [0, 0.1) is 24.0 Å². The van der Waals surface area contributed by atoms with E-state index in [1.54, 1.807) is 73.6 Å². The van der Waals surface area contributed by atoms with Crippen molar-refractivity contribution in [3.05, 3.63) is 193 Å². The fraction of sp³-hybridized carbons (Fsp3) is 0. The minimum atomic E-state index is -0.334. The number of hydrogen-bond donors (Lipinski definition) is 4. The molecule has 0 fully saturated rings. The smallest absolute Gasteiger partial charge is 0.325 e. The van der Waals surface area contributed by atoms with Crippen molar-refractivity contribution in [3.63, 3.8) is 0 Å². The molecule has 0 bridgehead atoms. The molecule has 5 N–H and O–H groups in total. The van der Waals surface area contributed by atoms with Gasteiger partial charge in [0.25, 0.3) is 0 Å². The number of halogens is 2. The molecule has 0 spiro atoms. The first-order valence-electron chi connectivity index (χ1n) is 19.8. The van der Waals surface area contributed by atoms with Gasteiger partial charge in [0.05, 0.1) is 34.4 Å². The third-order valence-electron chi connectivity index (χ3n) is 10.0. The average molecular weight is 858 g/mol. The number of furan rings is 1. The first kappa shape index (κ1) is 41.0. The molecular weight excluding hydrogens is 825 g/mol. The summed E-state index contributed by atoms with van der Waals surface area (Å²) in [6, 6.07) is 33.3. The van der Waals surface area contributed by atoms with Gasteiger partial charge in [-0.3, -0.25) is 15.0 Å². The molecule has 0 unspecified atom stereocenters. The van der Waals surface area contributed by atoms with Crippen LogP contribution in [-0.4, -0.2) is 49.8 Å². The van der Waals surface area contributed by atoms with Crippen LogP contribution in [0.3, 0.4) is 0 Å². The van der Waals surface area contributed by atoms with Crippen LogP contribution < -0.4 is 11.4 Å². The van der Waals surface area contributed by atoms with Crippen LogP contribution in [0.4, 0.5) is 14.6 Å². The Balaban J connectivity index is 0.000000123. The first-order chi connectivity index (χ1) is 31.8. The highest BCUT2D eigenvalue weighted by Gasteiger charge is 2.17. The van der Waals surface area contributed by atoms with Crippen LogP contribution in [-0.2, 0) is 0 Å². The van der Waals surface area contributed by atoms with Gasteiger partial charge in [0.1, 0.15) is 35.1 Å². The number of H-pyrrole nitrogens is 3. The molecular formula is C50H33F2N11O2. The third-order valence-corrected chi connectivity index (χ3v) is 10.0. The van der Waals surface area contributed by atoms with E-state index in [9.17, 15) is 13.6 Å². The Morgan fingerprint density at radius 3 is 1.88 bits per heavy atom. The number of aromatic nitrogens is 10. The summed E-state index contributed by atoms with van der Waals surface area (Å²) in [5, 5.41) is 1.02. The van der Waals surface area contributed by atoms with Gasteiger partial charge in [-0.05, 0) is 102 Å². The number of imidazole rings is 1. The zero-order chi connectivity index (χ0) is 44.7. The van der Waals surface area contributed by atoms with Gasteiger partial charge in [-0.1, -0.05) is 30.2 Å². The van der Waals surface area contributed by atoms with Crippen LogP contribution in [0.2, 0.25) is 0 Å². The van der Waals surface area contributed by atoms with Crippen molar-refractivity contribution < 1.29 is 13.2 Å². The van der Waals surface area contributed by atoms with Crippen molar-refractivity contribution in [2.75, 3.05) is 5.73 Å². The maximum absolute atomic E-state index is 13.6. The standard InChI is InChI=1S/2C18H12FN3.C14H9N5O2/c19-15-3-1-2-13(10-15)17-16(12-4-7-20-8-5-12)11-14-6-9-21-18(14)22-17;1-2-12-11-16(13-6-8-21-9-7-13)17(22-18(12)20)14-4-3-5-15(19)10-14;20-14-17-10-6-8(9-3-4-15-7-16-9)12(18-13(10)19-14)11-2-1-5-21-11/h1-11H,(H,21,22);1,3-11H,(H2,20,22);1-7H,(H2,17,18,19,20). The van der Waals surface area contributed by atoms with Crippen LogP contribution in [0.15, 0.2) is 174 Å². The first-order valence-corrected chi connectivity index (χ1v) is 19.8. The second kappa shape index (κ2) is 18.3. The highest BCUT2D eigenvalue weighted by Crippen LogP contribution is 2.35. The highest BCUT2D eigenvalue weighted by atomic mass is 19.1. The Kier molecular flexibility index (Phi) is 11.5. The van der Waals surface area contributed by atoms with E-state index in [0.717, 1.165) is 50.1 Å². The second-order valence-electron chi connectivity index (χ2n) is 14.2. The number of nitrogen functional groups attached to an aromatic ring is 1. The number of pyridine rings is 5. The summed E-state index contributed by atoms with van der Waals surface area (Å²) in [4.78, 5) is 49.6. The lowest BCUT2D eigenvalue weighted by Gasteiger charge is -2.12. The minimum absolute atomic E-state index is 0.250. The number of benzene rings is 2. The zero-order valence-corrected chi connectivity index (χ0v) is 33.9. The maximum Gasteiger partial charge on any atom is 0.325 e. The fourth-order valence-electron chi connectivity index (χ4n) is 7.05. The summed E-state index contributed by atoms with van der Waals surface area (Å²) >= 11 is 0. The lowest BCUT2D eigenvalue weighted by atomic mass is 9.98. The van der Waals surface area contributed by atoms with Crippen molar-refractivity contribution in [3.8, 4) is 79.8 Å². The number of fused-ring (bicyclic) bond motifs is 2. The molecule has 2 aromatic carbocycles.